The first kappa shape index (κ1) is 74.9. The number of esters is 3. The normalized spacial score (nSPS) is 12.1. The van der Waals surface area contributed by atoms with Crippen molar-refractivity contribution in [2.75, 3.05) is 13.2 Å². The van der Waals surface area contributed by atoms with Crippen molar-refractivity contribution in [3.63, 3.8) is 0 Å². The van der Waals surface area contributed by atoms with E-state index in [4.69, 9.17) is 14.2 Å². The maximum absolute atomic E-state index is 12.9. The number of ether oxygens (including phenoxy) is 3. The predicted octanol–water partition coefficient (Wildman–Crippen LogP) is 23.8. The molecule has 0 bridgehead atoms. The molecule has 0 aliphatic rings. The average molecular weight is 1080 g/mol. The predicted molar refractivity (Wildman–Crippen MR) is 335 cm³/mol. The highest BCUT2D eigenvalue weighted by molar-refractivity contribution is 5.71. The molecule has 0 N–H and O–H groups in total. The highest BCUT2D eigenvalue weighted by Gasteiger charge is 2.19. The first-order valence-electron chi connectivity index (χ1n) is 34.8. The van der Waals surface area contributed by atoms with Gasteiger partial charge in [0, 0.05) is 19.3 Å². The summed E-state index contributed by atoms with van der Waals surface area (Å²) >= 11 is 0. The van der Waals surface area contributed by atoms with Crippen molar-refractivity contribution < 1.29 is 28.6 Å². The molecular weight excluding hydrogens is 949 g/mol. The smallest absolute Gasteiger partial charge is 0.306 e. The second-order valence-corrected chi connectivity index (χ2v) is 23.8. The lowest BCUT2D eigenvalue weighted by Crippen LogP contribution is -2.30. The lowest BCUT2D eigenvalue weighted by atomic mass is 10.0. The van der Waals surface area contributed by atoms with Crippen LogP contribution in [0.2, 0.25) is 0 Å². The summed E-state index contributed by atoms with van der Waals surface area (Å²) in [5.74, 6) is -0.837. The van der Waals surface area contributed by atoms with Gasteiger partial charge in [0.05, 0.1) is 0 Å². The van der Waals surface area contributed by atoms with E-state index in [0.29, 0.717) is 19.3 Å². The van der Waals surface area contributed by atoms with E-state index < -0.39 is 6.10 Å². The zero-order valence-corrected chi connectivity index (χ0v) is 52.3. The van der Waals surface area contributed by atoms with E-state index in [1.165, 1.54) is 289 Å². The molecule has 6 heteroatoms. The molecule has 0 radical (unpaired) electrons. The molecule has 454 valence electrons. The Labute approximate surface area is 481 Å². The van der Waals surface area contributed by atoms with Gasteiger partial charge in [0.25, 0.3) is 0 Å². The Morgan fingerprint density at radius 3 is 0.714 bits per heavy atom. The molecule has 0 saturated carbocycles. The fourth-order valence-corrected chi connectivity index (χ4v) is 10.7. The number of hydrogen-bond donors (Lipinski definition) is 0. The molecule has 0 heterocycles. The molecule has 0 spiro atoms. The standard InChI is InChI=1S/C71H134O6/c1-4-7-10-13-16-19-22-25-28-31-33-35-37-38-40-43-46-49-52-55-58-61-64-70(73)76-67-68(66-75-69(72)63-60-57-54-51-48-45-42-30-27-24-21-18-15-12-9-6-3)77-71(74)65-62-59-56-53-50-47-44-41-39-36-34-32-29-26-23-20-17-14-11-8-5-2/h23,26,32,34,68H,4-22,24-25,27-31,33,35-67H2,1-3H3/b26-23-,34-32-. The molecular formula is C71H134O6. The van der Waals surface area contributed by atoms with Crippen LogP contribution < -0.4 is 0 Å². The van der Waals surface area contributed by atoms with E-state index in [2.05, 4.69) is 45.1 Å². The molecule has 6 nitrogen and oxygen atoms in total. The van der Waals surface area contributed by atoms with Gasteiger partial charge in [-0.2, -0.15) is 0 Å². The van der Waals surface area contributed by atoms with Gasteiger partial charge in [-0.15, -0.1) is 0 Å². The molecule has 0 aliphatic heterocycles. The van der Waals surface area contributed by atoms with Crippen LogP contribution >= 0.6 is 0 Å². The largest absolute Gasteiger partial charge is 0.462 e. The number of unbranched alkanes of at least 4 members (excludes halogenated alkanes) is 50. The summed E-state index contributed by atoms with van der Waals surface area (Å²) in [5.41, 5.74) is 0. The molecule has 0 aliphatic carbocycles. The van der Waals surface area contributed by atoms with Gasteiger partial charge in [-0.25, -0.2) is 0 Å². The van der Waals surface area contributed by atoms with Crippen LogP contribution in [0.1, 0.15) is 393 Å². The highest BCUT2D eigenvalue weighted by Crippen LogP contribution is 2.19. The molecule has 1 atom stereocenters. The molecule has 0 aromatic carbocycles. The second kappa shape index (κ2) is 66.4. The summed E-state index contributed by atoms with van der Waals surface area (Å²) in [6.45, 7) is 6.71. The zero-order valence-electron chi connectivity index (χ0n) is 52.3. The van der Waals surface area contributed by atoms with E-state index in [0.717, 1.165) is 64.2 Å². The Balaban J connectivity index is 4.29. The molecule has 0 saturated heterocycles. The van der Waals surface area contributed by atoms with Crippen molar-refractivity contribution in [2.24, 2.45) is 0 Å². The third kappa shape index (κ3) is 64.6. The molecule has 0 aromatic rings. The number of hydrogen-bond acceptors (Lipinski definition) is 6. The average Bonchev–Trinajstić information content (AvgIpc) is 3.43. The van der Waals surface area contributed by atoms with Crippen molar-refractivity contribution in [3.8, 4) is 0 Å². The summed E-state index contributed by atoms with van der Waals surface area (Å²) in [7, 11) is 0. The van der Waals surface area contributed by atoms with Crippen molar-refractivity contribution in [1.29, 1.82) is 0 Å². The van der Waals surface area contributed by atoms with Gasteiger partial charge in [0.1, 0.15) is 13.2 Å². The van der Waals surface area contributed by atoms with Gasteiger partial charge in [0.15, 0.2) is 6.10 Å². The summed E-state index contributed by atoms with van der Waals surface area (Å²) < 4.78 is 17.0. The molecule has 0 aromatic heterocycles. The molecule has 0 amide bonds. The Morgan fingerprint density at radius 1 is 0.260 bits per heavy atom. The molecule has 0 fully saturated rings. The summed E-state index contributed by atoms with van der Waals surface area (Å²) in [4.78, 5) is 38.4. The Hall–Kier alpha value is -2.11. The maximum Gasteiger partial charge on any atom is 0.306 e. The van der Waals surface area contributed by atoms with Crippen LogP contribution in [0, 0.1) is 0 Å². The van der Waals surface area contributed by atoms with Crippen molar-refractivity contribution in [2.45, 2.75) is 399 Å². The van der Waals surface area contributed by atoms with Crippen LogP contribution in [0.25, 0.3) is 0 Å². The van der Waals surface area contributed by atoms with Crippen LogP contribution in [0.15, 0.2) is 24.3 Å². The molecule has 1 unspecified atom stereocenters. The zero-order chi connectivity index (χ0) is 55.7. The Morgan fingerprint density at radius 2 is 0.468 bits per heavy atom. The van der Waals surface area contributed by atoms with Crippen molar-refractivity contribution in [1.82, 2.24) is 0 Å². The van der Waals surface area contributed by atoms with Crippen LogP contribution in [-0.4, -0.2) is 37.2 Å². The summed E-state index contributed by atoms with van der Waals surface area (Å²) in [5, 5.41) is 0. The maximum atomic E-state index is 12.9. The SMILES string of the molecule is CCCCCCC/C=C\C/C=C\CCCCCCCCCCCC(=O)OC(COC(=O)CCCCCCCCCCCCCCCCCC)COC(=O)CCCCCCCCCCCCCCCCCCCCCCCC. The Bertz CT molecular complexity index is 1240. The second-order valence-electron chi connectivity index (χ2n) is 23.8. The number of rotatable bonds is 65. The number of allylic oxidation sites excluding steroid dienone is 4. The third-order valence-electron chi connectivity index (χ3n) is 16.0. The van der Waals surface area contributed by atoms with Gasteiger partial charge in [-0.3, -0.25) is 14.4 Å². The summed E-state index contributed by atoms with van der Waals surface area (Å²) in [6, 6.07) is 0. The van der Waals surface area contributed by atoms with Crippen LogP contribution in [0.3, 0.4) is 0 Å². The number of carbonyl (C=O) groups is 3. The van der Waals surface area contributed by atoms with E-state index >= 15 is 0 Å². The van der Waals surface area contributed by atoms with Crippen molar-refractivity contribution >= 4 is 17.9 Å². The third-order valence-corrected chi connectivity index (χ3v) is 16.0. The fraction of sp³-hybridized carbons (Fsp3) is 0.901. The Kier molecular flexibility index (Phi) is 64.6. The number of carbonyl (C=O) groups excluding carboxylic acids is 3. The van der Waals surface area contributed by atoms with Crippen LogP contribution in [0.4, 0.5) is 0 Å². The minimum Gasteiger partial charge on any atom is -0.462 e. The quantitative estimate of drug-likeness (QED) is 0.0261. The first-order chi connectivity index (χ1) is 38.0. The molecule has 77 heavy (non-hydrogen) atoms. The monoisotopic (exact) mass is 1080 g/mol. The van der Waals surface area contributed by atoms with Gasteiger partial charge >= 0.3 is 17.9 Å². The summed E-state index contributed by atoms with van der Waals surface area (Å²) in [6.07, 6.45) is 80.5. The topological polar surface area (TPSA) is 78.9 Å². The highest BCUT2D eigenvalue weighted by atomic mass is 16.6. The van der Waals surface area contributed by atoms with Crippen molar-refractivity contribution in [3.05, 3.63) is 24.3 Å². The van der Waals surface area contributed by atoms with Gasteiger partial charge in [-0.1, -0.05) is 347 Å². The fourth-order valence-electron chi connectivity index (χ4n) is 10.7. The lowest BCUT2D eigenvalue weighted by Gasteiger charge is -2.18. The van der Waals surface area contributed by atoms with Gasteiger partial charge in [-0.05, 0) is 51.4 Å². The van der Waals surface area contributed by atoms with E-state index in [9.17, 15) is 14.4 Å². The van der Waals surface area contributed by atoms with Crippen LogP contribution in [-0.2, 0) is 28.6 Å². The molecule has 0 rings (SSSR count). The van der Waals surface area contributed by atoms with Crippen LogP contribution in [0.5, 0.6) is 0 Å². The minimum atomic E-state index is -0.770. The minimum absolute atomic E-state index is 0.0663. The first-order valence-corrected chi connectivity index (χ1v) is 34.8. The van der Waals surface area contributed by atoms with E-state index in [1.807, 2.05) is 0 Å². The van der Waals surface area contributed by atoms with Gasteiger partial charge in [0.2, 0.25) is 0 Å². The van der Waals surface area contributed by atoms with E-state index in [1.54, 1.807) is 0 Å². The van der Waals surface area contributed by atoms with E-state index in [-0.39, 0.29) is 31.1 Å². The lowest BCUT2D eigenvalue weighted by molar-refractivity contribution is -0.167. The van der Waals surface area contributed by atoms with Gasteiger partial charge < -0.3 is 14.2 Å².